The summed E-state index contributed by atoms with van der Waals surface area (Å²) >= 11 is 0. The van der Waals surface area contributed by atoms with Crippen molar-refractivity contribution in [2.24, 2.45) is 0 Å². The van der Waals surface area contributed by atoms with Crippen LogP contribution in [0.1, 0.15) is 25.0 Å². The molecular formula is C57H40N2O. The Morgan fingerprint density at radius 1 is 0.433 bits per heavy atom. The first-order valence-corrected chi connectivity index (χ1v) is 20.8. The summed E-state index contributed by atoms with van der Waals surface area (Å²) in [6, 6.07) is 74.7. The lowest BCUT2D eigenvalue weighted by atomic mass is 9.82. The molecule has 0 aliphatic heterocycles. The zero-order valence-electron chi connectivity index (χ0n) is 33.4. The number of rotatable bonds is 6. The van der Waals surface area contributed by atoms with Crippen LogP contribution in [-0.4, -0.2) is 4.57 Å². The van der Waals surface area contributed by atoms with E-state index in [9.17, 15) is 0 Å². The van der Waals surface area contributed by atoms with Crippen LogP contribution in [0.3, 0.4) is 0 Å². The van der Waals surface area contributed by atoms with Crippen molar-refractivity contribution < 1.29 is 4.42 Å². The van der Waals surface area contributed by atoms with Crippen LogP contribution in [0.2, 0.25) is 0 Å². The van der Waals surface area contributed by atoms with Gasteiger partial charge >= 0.3 is 0 Å². The van der Waals surface area contributed by atoms with Gasteiger partial charge < -0.3 is 13.9 Å². The quantitative estimate of drug-likeness (QED) is 0.168. The van der Waals surface area contributed by atoms with Gasteiger partial charge in [-0.2, -0.15) is 0 Å². The van der Waals surface area contributed by atoms with Crippen molar-refractivity contribution in [2.45, 2.75) is 19.3 Å². The van der Waals surface area contributed by atoms with Gasteiger partial charge in [0.05, 0.1) is 16.4 Å². The third-order valence-corrected chi connectivity index (χ3v) is 12.8. The summed E-state index contributed by atoms with van der Waals surface area (Å²) in [5.41, 5.74) is 18.4. The molecule has 0 bridgehead atoms. The van der Waals surface area contributed by atoms with Crippen molar-refractivity contribution in [2.75, 3.05) is 4.90 Å². The predicted octanol–water partition coefficient (Wildman–Crippen LogP) is 15.8. The summed E-state index contributed by atoms with van der Waals surface area (Å²) in [5, 5.41) is 4.66. The third-order valence-electron chi connectivity index (χ3n) is 12.8. The Kier molecular flexibility index (Phi) is 7.58. The molecule has 3 heteroatoms. The van der Waals surface area contributed by atoms with E-state index in [1.165, 1.54) is 49.7 Å². The molecule has 0 atom stereocenters. The number of anilines is 3. The van der Waals surface area contributed by atoms with Crippen LogP contribution in [0.15, 0.2) is 211 Å². The Morgan fingerprint density at radius 3 is 1.78 bits per heavy atom. The van der Waals surface area contributed by atoms with Gasteiger partial charge in [-0.15, -0.1) is 0 Å². The number of aromatic nitrogens is 1. The Morgan fingerprint density at radius 2 is 1.02 bits per heavy atom. The normalized spacial score (nSPS) is 13.0. The highest BCUT2D eigenvalue weighted by Gasteiger charge is 2.35. The van der Waals surface area contributed by atoms with E-state index in [1.807, 2.05) is 0 Å². The standard InChI is InChI=1S/C57H40N2O/c1-57(2)50-22-12-9-19-44(50)45-34-33-43(35-51(45)57)58(41-29-25-38(26-30-41)37-15-5-3-6-16-37)42-31-27-39(28-32-42)48-36-49-46-20-10-13-23-52(46)59(40-17-7-4-8-18-40)55(49)54-47-21-11-14-24-53(47)60-56(48)54/h3-36H,1-2H3. The molecule has 9 aromatic carbocycles. The number of furan rings is 1. The Labute approximate surface area is 349 Å². The average Bonchev–Trinajstić information content (AvgIpc) is 3.93. The summed E-state index contributed by atoms with van der Waals surface area (Å²) in [6.45, 7) is 4.70. The SMILES string of the molecule is CC1(C)c2ccccc2-c2ccc(N(c3ccc(-c4ccccc4)cc3)c3ccc(-c4cc5c6ccccc6n(-c6ccccc6)c5c5c4oc4ccccc45)cc3)cc21. The molecule has 0 unspecified atom stereocenters. The molecule has 2 aromatic heterocycles. The molecule has 0 spiro atoms. The lowest BCUT2D eigenvalue weighted by molar-refractivity contribution is 0.660. The van der Waals surface area contributed by atoms with Gasteiger partial charge in [0.1, 0.15) is 11.2 Å². The number of benzene rings is 9. The fraction of sp³-hybridized carbons (Fsp3) is 0.0526. The molecule has 3 nitrogen and oxygen atoms in total. The maximum atomic E-state index is 6.86. The Bertz CT molecular complexity index is 3430. The van der Waals surface area contributed by atoms with Gasteiger partial charge in [0, 0.05) is 49.9 Å². The third kappa shape index (κ3) is 5.15. The molecule has 11 aromatic rings. The summed E-state index contributed by atoms with van der Waals surface area (Å²) in [7, 11) is 0. The van der Waals surface area contributed by atoms with Gasteiger partial charge in [0.25, 0.3) is 0 Å². The van der Waals surface area contributed by atoms with E-state index >= 15 is 0 Å². The van der Waals surface area contributed by atoms with Crippen molar-refractivity contribution in [3.63, 3.8) is 0 Å². The topological polar surface area (TPSA) is 21.3 Å². The summed E-state index contributed by atoms with van der Waals surface area (Å²) < 4.78 is 9.26. The smallest absolute Gasteiger partial charge is 0.145 e. The van der Waals surface area contributed by atoms with Crippen LogP contribution in [0, 0.1) is 0 Å². The molecule has 1 aliphatic carbocycles. The van der Waals surface area contributed by atoms with E-state index < -0.39 is 0 Å². The zero-order chi connectivity index (χ0) is 40.0. The monoisotopic (exact) mass is 768 g/mol. The summed E-state index contributed by atoms with van der Waals surface area (Å²) in [4.78, 5) is 2.39. The first-order chi connectivity index (χ1) is 29.5. The van der Waals surface area contributed by atoms with Gasteiger partial charge in [-0.05, 0) is 106 Å². The highest BCUT2D eigenvalue weighted by atomic mass is 16.3. The van der Waals surface area contributed by atoms with Crippen LogP contribution in [0.25, 0.3) is 82.8 Å². The van der Waals surface area contributed by atoms with Crippen LogP contribution >= 0.6 is 0 Å². The molecular weight excluding hydrogens is 729 g/mol. The molecule has 284 valence electrons. The Balaban J connectivity index is 1.04. The molecule has 0 N–H and O–H groups in total. The van der Waals surface area contributed by atoms with Crippen molar-refractivity contribution in [1.82, 2.24) is 4.57 Å². The van der Waals surface area contributed by atoms with Crippen LogP contribution in [0.5, 0.6) is 0 Å². The molecule has 0 fully saturated rings. The molecule has 60 heavy (non-hydrogen) atoms. The minimum atomic E-state index is -0.116. The van der Waals surface area contributed by atoms with Crippen LogP contribution in [-0.2, 0) is 5.41 Å². The molecule has 1 aliphatic rings. The number of para-hydroxylation sites is 3. The van der Waals surface area contributed by atoms with E-state index in [2.05, 4.69) is 230 Å². The largest absolute Gasteiger partial charge is 0.455 e. The number of hydrogen-bond donors (Lipinski definition) is 0. The number of nitrogens with zero attached hydrogens (tertiary/aromatic N) is 2. The van der Waals surface area contributed by atoms with E-state index in [0.29, 0.717) is 0 Å². The fourth-order valence-corrected chi connectivity index (χ4v) is 9.90. The summed E-state index contributed by atoms with van der Waals surface area (Å²) in [6.07, 6.45) is 0. The van der Waals surface area contributed by atoms with Gasteiger partial charge in [-0.25, -0.2) is 0 Å². The minimum Gasteiger partial charge on any atom is -0.455 e. The first kappa shape index (κ1) is 34.4. The van der Waals surface area contributed by atoms with E-state index in [1.54, 1.807) is 0 Å². The second kappa shape index (κ2) is 13.2. The van der Waals surface area contributed by atoms with Crippen molar-refractivity contribution in [3.05, 3.63) is 217 Å². The van der Waals surface area contributed by atoms with Gasteiger partial charge in [-0.3, -0.25) is 0 Å². The molecule has 0 radical (unpaired) electrons. The van der Waals surface area contributed by atoms with Gasteiger partial charge in [0.15, 0.2) is 0 Å². The summed E-state index contributed by atoms with van der Waals surface area (Å²) in [5.74, 6) is 0. The van der Waals surface area contributed by atoms with E-state index in [-0.39, 0.29) is 5.41 Å². The lowest BCUT2D eigenvalue weighted by Crippen LogP contribution is -2.16. The fourth-order valence-electron chi connectivity index (χ4n) is 9.90. The van der Waals surface area contributed by atoms with Crippen LogP contribution < -0.4 is 4.90 Å². The Hall–Kier alpha value is -7.62. The average molecular weight is 769 g/mol. The maximum absolute atomic E-state index is 6.86. The van der Waals surface area contributed by atoms with Crippen LogP contribution in [0.4, 0.5) is 17.1 Å². The lowest BCUT2D eigenvalue weighted by Gasteiger charge is -2.28. The van der Waals surface area contributed by atoms with Crippen molar-refractivity contribution in [3.8, 4) is 39.1 Å². The highest BCUT2D eigenvalue weighted by molar-refractivity contribution is 6.27. The van der Waals surface area contributed by atoms with E-state index in [4.69, 9.17) is 4.42 Å². The van der Waals surface area contributed by atoms with E-state index in [0.717, 1.165) is 61.3 Å². The van der Waals surface area contributed by atoms with Crippen molar-refractivity contribution >= 4 is 60.8 Å². The molecule has 2 heterocycles. The minimum absolute atomic E-state index is 0.116. The first-order valence-electron chi connectivity index (χ1n) is 20.8. The second-order valence-corrected chi connectivity index (χ2v) is 16.5. The van der Waals surface area contributed by atoms with Gasteiger partial charge in [0.2, 0.25) is 0 Å². The molecule has 0 saturated carbocycles. The van der Waals surface area contributed by atoms with Crippen molar-refractivity contribution in [1.29, 1.82) is 0 Å². The molecule has 0 saturated heterocycles. The highest BCUT2D eigenvalue weighted by Crippen LogP contribution is 2.51. The number of hydrogen-bond acceptors (Lipinski definition) is 2. The molecule has 12 rings (SSSR count). The van der Waals surface area contributed by atoms with Gasteiger partial charge in [-0.1, -0.05) is 153 Å². The maximum Gasteiger partial charge on any atom is 0.145 e. The predicted molar refractivity (Wildman–Crippen MR) is 251 cm³/mol. The molecule has 0 amide bonds. The zero-order valence-corrected chi connectivity index (χ0v) is 33.4. The second-order valence-electron chi connectivity index (χ2n) is 16.5. The number of fused-ring (bicyclic) bond motifs is 10.